The van der Waals surface area contributed by atoms with Gasteiger partial charge in [-0.15, -0.1) is 0 Å². The number of aliphatic hydroxyl groups excluding tert-OH is 3. The highest BCUT2D eigenvalue weighted by Gasteiger charge is 2.23. The third kappa shape index (κ3) is 2.85. The molecule has 0 saturated carbocycles. The molecular formula is C11H15FO5. The fourth-order valence-electron chi connectivity index (χ4n) is 1.40. The van der Waals surface area contributed by atoms with E-state index in [-0.39, 0.29) is 17.1 Å². The van der Waals surface area contributed by atoms with Gasteiger partial charge in [0.05, 0.1) is 20.8 Å². The van der Waals surface area contributed by atoms with Crippen molar-refractivity contribution < 1.29 is 29.2 Å². The second-order valence-electron chi connectivity index (χ2n) is 3.42. The van der Waals surface area contributed by atoms with Crippen LogP contribution >= 0.6 is 0 Å². The minimum Gasteiger partial charge on any atom is -0.493 e. The van der Waals surface area contributed by atoms with E-state index in [2.05, 4.69) is 0 Å². The van der Waals surface area contributed by atoms with Gasteiger partial charge >= 0.3 is 0 Å². The summed E-state index contributed by atoms with van der Waals surface area (Å²) in [5.41, 5.74) is -0.163. The van der Waals surface area contributed by atoms with Crippen LogP contribution in [-0.4, -0.2) is 42.3 Å². The van der Waals surface area contributed by atoms with Gasteiger partial charge in [-0.2, -0.15) is 0 Å². The van der Waals surface area contributed by atoms with E-state index in [0.717, 1.165) is 6.07 Å². The summed E-state index contributed by atoms with van der Waals surface area (Å²) in [5.74, 6) is -0.338. The summed E-state index contributed by atoms with van der Waals surface area (Å²) in [6.45, 7) is -0.672. The Kier molecular flexibility index (Phi) is 4.68. The second kappa shape index (κ2) is 5.81. The Balaban J connectivity index is 3.16. The molecule has 0 amide bonds. The van der Waals surface area contributed by atoms with Gasteiger partial charge in [-0.3, -0.25) is 0 Å². The van der Waals surface area contributed by atoms with Gasteiger partial charge in [0.2, 0.25) is 0 Å². The van der Waals surface area contributed by atoms with E-state index in [4.69, 9.17) is 14.6 Å². The van der Waals surface area contributed by atoms with E-state index >= 15 is 0 Å². The molecule has 96 valence electrons. The SMILES string of the molecule is COc1cc(F)c(C(O)C(O)CO)cc1OC. The Hall–Kier alpha value is -1.37. The van der Waals surface area contributed by atoms with Gasteiger partial charge in [0.1, 0.15) is 18.0 Å². The van der Waals surface area contributed by atoms with Crippen molar-refractivity contribution in [3.05, 3.63) is 23.5 Å². The molecule has 17 heavy (non-hydrogen) atoms. The Morgan fingerprint density at radius 3 is 2.18 bits per heavy atom. The van der Waals surface area contributed by atoms with Crippen molar-refractivity contribution in [1.29, 1.82) is 0 Å². The Morgan fingerprint density at radius 1 is 1.18 bits per heavy atom. The first-order valence-electron chi connectivity index (χ1n) is 4.93. The lowest BCUT2D eigenvalue weighted by atomic mass is 10.0. The molecule has 5 nitrogen and oxygen atoms in total. The number of methoxy groups -OCH3 is 2. The summed E-state index contributed by atoms with van der Waals surface area (Å²) in [6.07, 6.45) is -2.98. The molecule has 0 aliphatic rings. The van der Waals surface area contributed by atoms with Crippen LogP contribution in [0.5, 0.6) is 11.5 Å². The van der Waals surface area contributed by atoms with E-state index in [9.17, 15) is 14.6 Å². The molecule has 0 aromatic heterocycles. The van der Waals surface area contributed by atoms with Crippen LogP contribution in [0.3, 0.4) is 0 Å². The fourth-order valence-corrected chi connectivity index (χ4v) is 1.40. The molecule has 0 spiro atoms. The predicted octanol–water partition coefficient (Wildman–Crippen LogP) is 0.229. The normalized spacial score (nSPS) is 14.2. The molecule has 6 heteroatoms. The molecule has 1 rings (SSSR count). The highest BCUT2D eigenvalue weighted by atomic mass is 19.1. The van der Waals surface area contributed by atoms with Crippen LogP contribution in [0.4, 0.5) is 4.39 Å². The maximum atomic E-state index is 13.6. The van der Waals surface area contributed by atoms with Crippen molar-refractivity contribution in [2.45, 2.75) is 12.2 Å². The van der Waals surface area contributed by atoms with Crippen LogP contribution in [0.2, 0.25) is 0 Å². The van der Waals surface area contributed by atoms with E-state index in [0.29, 0.717) is 0 Å². The smallest absolute Gasteiger partial charge is 0.163 e. The van der Waals surface area contributed by atoms with Crippen molar-refractivity contribution in [1.82, 2.24) is 0 Å². The fraction of sp³-hybridized carbons (Fsp3) is 0.455. The third-order valence-electron chi connectivity index (χ3n) is 2.37. The van der Waals surface area contributed by atoms with Crippen LogP contribution in [0.15, 0.2) is 12.1 Å². The predicted molar refractivity (Wildman–Crippen MR) is 57.6 cm³/mol. The Labute approximate surface area is 98.0 Å². The average Bonchev–Trinajstić information content (AvgIpc) is 2.36. The molecule has 1 aromatic rings. The van der Waals surface area contributed by atoms with Gasteiger partial charge in [-0.05, 0) is 6.07 Å². The zero-order valence-corrected chi connectivity index (χ0v) is 9.55. The van der Waals surface area contributed by atoms with Gasteiger partial charge in [-0.25, -0.2) is 4.39 Å². The lowest BCUT2D eigenvalue weighted by molar-refractivity contribution is -0.0169. The highest BCUT2D eigenvalue weighted by Crippen LogP contribution is 2.33. The Bertz CT molecular complexity index is 382. The number of aliphatic hydroxyl groups is 3. The molecule has 0 bridgehead atoms. The van der Waals surface area contributed by atoms with Gasteiger partial charge < -0.3 is 24.8 Å². The van der Waals surface area contributed by atoms with Crippen molar-refractivity contribution in [2.75, 3.05) is 20.8 Å². The molecule has 2 atom stereocenters. The molecule has 0 heterocycles. The molecule has 0 radical (unpaired) electrons. The number of ether oxygens (including phenoxy) is 2. The minimum absolute atomic E-state index is 0.163. The maximum Gasteiger partial charge on any atom is 0.163 e. The summed E-state index contributed by atoms with van der Waals surface area (Å²) in [5, 5.41) is 27.6. The number of hydrogen-bond donors (Lipinski definition) is 3. The quantitative estimate of drug-likeness (QED) is 0.693. The lowest BCUT2D eigenvalue weighted by Crippen LogP contribution is -2.23. The highest BCUT2D eigenvalue weighted by molar-refractivity contribution is 5.44. The number of hydrogen-bond acceptors (Lipinski definition) is 5. The first-order valence-corrected chi connectivity index (χ1v) is 4.93. The lowest BCUT2D eigenvalue weighted by Gasteiger charge is -2.18. The molecule has 0 saturated heterocycles. The van der Waals surface area contributed by atoms with E-state index in [1.807, 2.05) is 0 Å². The van der Waals surface area contributed by atoms with E-state index < -0.39 is 24.6 Å². The molecule has 0 fully saturated rings. The minimum atomic E-state index is -1.53. The zero-order valence-electron chi connectivity index (χ0n) is 9.55. The summed E-state index contributed by atoms with van der Waals surface area (Å²) < 4.78 is 23.4. The summed E-state index contributed by atoms with van der Waals surface area (Å²) in [6, 6.07) is 2.26. The maximum absolute atomic E-state index is 13.6. The number of halogens is 1. The molecule has 0 aliphatic carbocycles. The van der Waals surface area contributed by atoms with Crippen molar-refractivity contribution in [2.24, 2.45) is 0 Å². The van der Waals surface area contributed by atoms with Crippen LogP contribution in [0.25, 0.3) is 0 Å². The summed E-state index contributed by atoms with van der Waals surface area (Å²) in [4.78, 5) is 0. The van der Waals surface area contributed by atoms with Gasteiger partial charge in [0.25, 0.3) is 0 Å². The van der Waals surface area contributed by atoms with Crippen LogP contribution in [-0.2, 0) is 0 Å². The monoisotopic (exact) mass is 246 g/mol. The molecule has 3 N–H and O–H groups in total. The van der Waals surface area contributed by atoms with Gasteiger partial charge in [0, 0.05) is 11.6 Å². The van der Waals surface area contributed by atoms with E-state index in [1.165, 1.54) is 20.3 Å². The summed E-state index contributed by atoms with van der Waals surface area (Å²) >= 11 is 0. The van der Waals surface area contributed by atoms with E-state index in [1.54, 1.807) is 0 Å². The number of rotatable bonds is 5. The van der Waals surface area contributed by atoms with Crippen molar-refractivity contribution >= 4 is 0 Å². The largest absolute Gasteiger partial charge is 0.493 e. The molecule has 2 unspecified atom stereocenters. The molecular weight excluding hydrogens is 231 g/mol. The van der Waals surface area contributed by atoms with Crippen molar-refractivity contribution in [3.63, 3.8) is 0 Å². The Morgan fingerprint density at radius 2 is 1.71 bits per heavy atom. The topological polar surface area (TPSA) is 79.2 Å². The van der Waals surface area contributed by atoms with Crippen LogP contribution < -0.4 is 9.47 Å². The summed E-state index contributed by atoms with van der Waals surface area (Å²) in [7, 11) is 2.73. The molecule has 1 aromatic carbocycles. The van der Waals surface area contributed by atoms with Crippen LogP contribution in [0.1, 0.15) is 11.7 Å². The van der Waals surface area contributed by atoms with Crippen molar-refractivity contribution in [3.8, 4) is 11.5 Å². The standard InChI is InChI=1S/C11H15FO5/c1-16-9-3-6(11(15)8(14)5-13)7(12)4-10(9)17-2/h3-4,8,11,13-15H,5H2,1-2H3. The second-order valence-corrected chi connectivity index (χ2v) is 3.42. The average molecular weight is 246 g/mol. The van der Waals surface area contributed by atoms with Gasteiger partial charge in [0.15, 0.2) is 11.5 Å². The zero-order chi connectivity index (χ0) is 13.0. The number of benzene rings is 1. The van der Waals surface area contributed by atoms with Crippen LogP contribution in [0, 0.1) is 5.82 Å². The first-order chi connectivity index (χ1) is 8.04. The third-order valence-corrected chi connectivity index (χ3v) is 2.37. The van der Waals surface area contributed by atoms with Gasteiger partial charge in [-0.1, -0.05) is 0 Å². The molecule has 0 aliphatic heterocycles. The first kappa shape index (κ1) is 13.7.